The summed E-state index contributed by atoms with van der Waals surface area (Å²) in [5.74, 6) is 0.761. The number of nitrogens with zero attached hydrogens (tertiary/aromatic N) is 1. The van der Waals surface area contributed by atoms with Gasteiger partial charge in [-0.1, -0.05) is 13.8 Å². The molecule has 1 aliphatic heterocycles. The van der Waals surface area contributed by atoms with Crippen molar-refractivity contribution in [2.45, 2.75) is 65.6 Å². The van der Waals surface area contributed by atoms with Crippen LogP contribution in [-0.4, -0.2) is 48.6 Å². The zero-order chi connectivity index (χ0) is 14.4. The minimum absolute atomic E-state index is 0.0167. The molecule has 3 atom stereocenters. The SMILES string of the molecule is CCCNC1CCN(C(C)C(=O)NC(C)C)CC1C. The summed E-state index contributed by atoms with van der Waals surface area (Å²) in [6, 6.07) is 0.810. The van der Waals surface area contributed by atoms with Crippen molar-refractivity contribution in [2.75, 3.05) is 19.6 Å². The van der Waals surface area contributed by atoms with Crippen LogP contribution in [0.25, 0.3) is 0 Å². The molecular formula is C15H31N3O. The Balaban J connectivity index is 2.44. The van der Waals surface area contributed by atoms with Gasteiger partial charge in [-0.15, -0.1) is 0 Å². The molecule has 1 saturated heterocycles. The molecule has 0 aliphatic carbocycles. The first-order valence-electron chi connectivity index (χ1n) is 7.73. The van der Waals surface area contributed by atoms with E-state index in [2.05, 4.69) is 29.4 Å². The predicted octanol–water partition coefficient (Wildman–Crippen LogP) is 1.61. The van der Waals surface area contributed by atoms with Crippen molar-refractivity contribution in [1.82, 2.24) is 15.5 Å². The molecule has 1 amide bonds. The number of hydrogen-bond donors (Lipinski definition) is 2. The Kier molecular flexibility index (Phi) is 6.80. The summed E-state index contributed by atoms with van der Waals surface area (Å²) in [6.07, 6.45) is 2.32. The molecule has 19 heavy (non-hydrogen) atoms. The van der Waals surface area contributed by atoms with Gasteiger partial charge >= 0.3 is 0 Å². The standard InChI is InChI=1S/C15H31N3O/c1-6-8-16-14-7-9-18(10-12(14)4)13(5)15(19)17-11(2)3/h11-14,16H,6-10H2,1-5H3,(H,17,19). The van der Waals surface area contributed by atoms with Crippen LogP contribution in [0.15, 0.2) is 0 Å². The minimum Gasteiger partial charge on any atom is -0.353 e. The Hall–Kier alpha value is -0.610. The summed E-state index contributed by atoms with van der Waals surface area (Å²) >= 11 is 0. The molecule has 0 aromatic heterocycles. The van der Waals surface area contributed by atoms with E-state index in [9.17, 15) is 4.79 Å². The number of likely N-dealkylation sites (tertiary alicyclic amines) is 1. The zero-order valence-electron chi connectivity index (χ0n) is 13.2. The van der Waals surface area contributed by atoms with Crippen molar-refractivity contribution < 1.29 is 4.79 Å². The van der Waals surface area contributed by atoms with Crippen LogP contribution in [0.4, 0.5) is 0 Å². The number of carbonyl (C=O) groups is 1. The Morgan fingerprint density at radius 2 is 2.05 bits per heavy atom. The lowest BCUT2D eigenvalue weighted by Crippen LogP contribution is -2.55. The second-order valence-corrected chi connectivity index (χ2v) is 6.16. The van der Waals surface area contributed by atoms with E-state index in [0.29, 0.717) is 12.0 Å². The van der Waals surface area contributed by atoms with E-state index in [-0.39, 0.29) is 18.0 Å². The summed E-state index contributed by atoms with van der Waals surface area (Å²) < 4.78 is 0. The van der Waals surface area contributed by atoms with E-state index >= 15 is 0 Å². The molecule has 1 heterocycles. The third-order valence-corrected chi connectivity index (χ3v) is 3.95. The molecule has 112 valence electrons. The third kappa shape index (κ3) is 5.11. The number of piperidine rings is 1. The van der Waals surface area contributed by atoms with Crippen LogP contribution in [0.1, 0.15) is 47.5 Å². The van der Waals surface area contributed by atoms with Crippen LogP contribution >= 0.6 is 0 Å². The Morgan fingerprint density at radius 3 is 2.58 bits per heavy atom. The fourth-order valence-corrected chi connectivity index (χ4v) is 2.73. The number of nitrogens with one attached hydrogen (secondary N) is 2. The number of carbonyl (C=O) groups excluding carboxylic acids is 1. The molecular weight excluding hydrogens is 238 g/mol. The highest BCUT2D eigenvalue weighted by molar-refractivity contribution is 5.81. The molecule has 1 rings (SSSR count). The van der Waals surface area contributed by atoms with E-state index < -0.39 is 0 Å². The average molecular weight is 269 g/mol. The molecule has 1 fully saturated rings. The second-order valence-electron chi connectivity index (χ2n) is 6.16. The van der Waals surface area contributed by atoms with Crippen molar-refractivity contribution in [1.29, 1.82) is 0 Å². The monoisotopic (exact) mass is 269 g/mol. The molecule has 0 spiro atoms. The predicted molar refractivity (Wildman–Crippen MR) is 80.2 cm³/mol. The highest BCUT2D eigenvalue weighted by Crippen LogP contribution is 2.19. The minimum atomic E-state index is -0.0167. The molecule has 1 aliphatic rings. The number of rotatable bonds is 6. The topological polar surface area (TPSA) is 44.4 Å². The lowest BCUT2D eigenvalue weighted by molar-refractivity contribution is -0.127. The van der Waals surface area contributed by atoms with Gasteiger partial charge in [0.15, 0.2) is 0 Å². The lowest BCUT2D eigenvalue weighted by atomic mass is 9.92. The fourth-order valence-electron chi connectivity index (χ4n) is 2.73. The number of hydrogen-bond acceptors (Lipinski definition) is 3. The molecule has 0 radical (unpaired) electrons. The summed E-state index contributed by atoms with van der Waals surface area (Å²) in [6.45, 7) is 13.6. The van der Waals surface area contributed by atoms with Gasteiger partial charge in [-0.3, -0.25) is 9.69 Å². The van der Waals surface area contributed by atoms with Gasteiger partial charge in [0.25, 0.3) is 0 Å². The average Bonchev–Trinajstić information content (AvgIpc) is 2.35. The Morgan fingerprint density at radius 1 is 1.37 bits per heavy atom. The van der Waals surface area contributed by atoms with Gasteiger partial charge in [-0.2, -0.15) is 0 Å². The van der Waals surface area contributed by atoms with E-state index in [4.69, 9.17) is 0 Å². The molecule has 2 N–H and O–H groups in total. The van der Waals surface area contributed by atoms with Gasteiger partial charge in [0.1, 0.15) is 0 Å². The normalized spacial score (nSPS) is 26.4. The van der Waals surface area contributed by atoms with Crippen molar-refractivity contribution in [3.05, 3.63) is 0 Å². The van der Waals surface area contributed by atoms with E-state index in [0.717, 1.165) is 26.1 Å². The molecule has 0 saturated carbocycles. The van der Waals surface area contributed by atoms with Crippen LogP contribution in [0, 0.1) is 5.92 Å². The third-order valence-electron chi connectivity index (χ3n) is 3.95. The summed E-state index contributed by atoms with van der Waals surface area (Å²) in [5, 5.41) is 6.62. The summed E-state index contributed by atoms with van der Waals surface area (Å²) in [4.78, 5) is 14.4. The highest BCUT2D eigenvalue weighted by Gasteiger charge is 2.30. The van der Waals surface area contributed by atoms with Crippen molar-refractivity contribution >= 4 is 5.91 Å². The van der Waals surface area contributed by atoms with E-state index in [1.54, 1.807) is 0 Å². The first-order chi connectivity index (χ1) is 8.95. The first-order valence-corrected chi connectivity index (χ1v) is 7.73. The van der Waals surface area contributed by atoms with Gasteiger partial charge < -0.3 is 10.6 Å². The van der Waals surface area contributed by atoms with E-state index in [1.165, 1.54) is 6.42 Å². The summed E-state index contributed by atoms with van der Waals surface area (Å²) in [5.41, 5.74) is 0. The highest BCUT2D eigenvalue weighted by atomic mass is 16.2. The van der Waals surface area contributed by atoms with Gasteiger partial charge in [0.2, 0.25) is 5.91 Å². The maximum Gasteiger partial charge on any atom is 0.237 e. The maximum absolute atomic E-state index is 12.0. The largest absolute Gasteiger partial charge is 0.353 e. The van der Waals surface area contributed by atoms with Gasteiger partial charge in [0.05, 0.1) is 6.04 Å². The van der Waals surface area contributed by atoms with E-state index in [1.807, 2.05) is 20.8 Å². The van der Waals surface area contributed by atoms with Crippen LogP contribution in [-0.2, 0) is 4.79 Å². The molecule has 0 aromatic carbocycles. The van der Waals surface area contributed by atoms with Crippen molar-refractivity contribution in [3.63, 3.8) is 0 Å². The molecule has 4 nitrogen and oxygen atoms in total. The molecule has 4 heteroatoms. The lowest BCUT2D eigenvalue weighted by Gasteiger charge is -2.40. The van der Waals surface area contributed by atoms with Crippen LogP contribution in [0.5, 0.6) is 0 Å². The van der Waals surface area contributed by atoms with Crippen LogP contribution in [0.2, 0.25) is 0 Å². The molecule has 3 unspecified atom stereocenters. The van der Waals surface area contributed by atoms with Crippen LogP contribution in [0.3, 0.4) is 0 Å². The smallest absolute Gasteiger partial charge is 0.237 e. The molecule has 0 bridgehead atoms. The summed E-state index contributed by atoms with van der Waals surface area (Å²) in [7, 11) is 0. The number of amides is 1. The van der Waals surface area contributed by atoms with Gasteiger partial charge in [-0.25, -0.2) is 0 Å². The van der Waals surface area contributed by atoms with Gasteiger partial charge in [-0.05, 0) is 46.1 Å². The quantitative estimate of drug-likeness (QED) is 0.770. The van der Waals surface area contributed by atoms with Crippen LogP contribution < -0.4 is 10.6 Å². The first kappa shape index (κ1) is 16.4. The Bertz CT molecular complexity index is 281. The van der Waals surface area contributed by atoms with Gasteiger partial charge in [0, 0.05) is 25.2 Å². The fraction of sp³-hybridized carbons (Fsp3) is 0.933. The zero-order valence-corrected chi connectivity index (χ0v) is 13.2. The molecule has 0 aromatic rings. The Labute approximate surface area is 118 Å². The second kappa shape index (κ2) is 7.85. The maximum atomic E-state index is 12.0. The van der Waals surface area contributed by atoms with Crippen molar-refractivity contribution in [2.24, 2.45) is 5.92 Å². The van der Waals surface area contributed by atoms with Crippen molar-refractivity contribution in [3.8, 4) is 0 Å².